The Morgan fingerprint density at radius 2 is 1.81 bits per heavy atom. The summed E-state index contributed by atoms with van der Waals surface area (Å²) < 4.78 is 0. The molecular formula is C23H19N3O4S. The van der Waals surface area contributed by atoms with Crippen LogP contribution in [0.1, 0.15) is 35.7 Å². The van der Waals surface area contributed by atoms with Crippen LogP contribution in [0.3, 0.4) is 0 Å². The number of dihydropyridines is 1. The molecule has 0 spiro atoms. The summed E-state index contributed by atoms with van der Waals surface area (Å²) in [5.41, 5.74) is 2.63. The molecule has 0 radical (unpaired) electrons. The Balaban J connectivity index is 1.89. The van der Waals surface area contributed by atoms with E-state index in [-0.39, 0.29) is 23.0 Å². The van der Waals surface area contributed by atoms with Gasteiger partial charge < -0.3 is 5.32 Å². The van der Waals surface area contributed by atoms with Gasteiger partial charge in [0.1, 0.15) is 0 Å². The Morgan fingerprint density at radius 1 is 1.16 bits per heavy atom. The van der Waals surface area contributed by atoms with Gasteiger partial charge in [0.15, 0.2) is 11.6 Å². The standard InChI is InChI=1S/C23H19N3O4S/c1-14-21(15(2)27)22(17-6-4-3-5-7-17)19(12-24)23(25-14)31-13-20(28)16-8-10-18(11-9-16)26(29)30/h3-11,22,25H,13H2,1-2H3/t22-/m1/s1. The molecule has 0 saturated heterocycles. The number of nitriles is 1. The van der Waals surface area contributed by atoms with Crippen molar-refractivity contribution in [2.24, 2.45) is 0 Å². The van der Waals surface area contributed by atoms with Crippen LogP contribution in [0.5, 0.6) is 0 Å². The zero-order valence-electron chi connectivity index (χ0n) is 16.9. The van der Waals surface area contributed by atoms with Crippen LogP contribution in [0, 0.1) is 21.4 Å². The first-order chi connectivity index (χ1) is 14.8. The monoisotopic (exact) mass is 433 g/mol. The van der Waals surface area contributed by atoms with Gasteiger partial charge >= 0.3 is 0 Å². The molecule has 2 aromatic rings. The van der Waals surface area contributed by atoms with Crippen molar-refractivity contribution in [3.63, 3.8) is 0 Å². The van der Waals surface area contributed by atoms with Crippen LogP contribution in [-0.4, -0.2) is 22.2 Å². The van der Waals surface area contributed by atoms with Crippen molar-refractivity contribution in [3.05, 3.63) is 97.7 Å². The van der Waals surface area contributed by atoms with E-state index >= 15 is 0 Å². The van der Waals surface area contributed by atoms with Gasteiger partial charge in [-0.2, -0.15) is 5.26 Å². The molecule has 0 unspecified atom stereocenters. The molecule has 7 nitrogen and oxygen atoms in total. The predicted octanol–water partition coefficient (Wildman–Crippen LogP) is 4.50. The number of ketones is 2. The molecule has 1 aliphatic heterocycles. The average molecular weight is 433 g/mol. The summed E-state index contributed by atoms with van der Waals surface area (Å²) in [5, 5.41) is 24.3. The number of Topliss-reactive ketones (excluding diaryl/α,β-unsaturated/α-hetero) is 2. The number of nitro benzene ring substituents is 1. The van der Waals surface area contributed by atoms with E-state index in [0.717, 1.165) is 5.56 Å². The molecule has 1 heterocycles. The van der Waals surface area contributed by atoms with E-state index in [1.807, 2.05) is 30.3 Å². The van der Waals surface area contributed by atoms with Crippen molar-refractivity contribution >= 4 is 29.0 Å². The summed E-state index contributed by atoms with van der Waals surface area (Å²) in [6.07, 6.45) is 0. The quantitative estimate of drug-likeness (QED) is 0.389. The van der Waals surface area contributed by atoms with Gasteiger partial charge in [-0.1, -0.05) is 42.1 Å². The maximum absolute atomic E-state index is 12.6. The Morgan fingerprint density at radius 3 is 2.35 bits per heavy atom. The zero-order chi connectivity index (χ0) is 22.5. The average Bonchev–Trinajstić information content (AvgIpc) is 2.77. The molecule has 8 heteroatoms. The lowest BCUT2D eigenvalue weighted by atomic mass is 9.81. The second-order valence-electron chi connectivity index (χ2n) is 6.93. The van der Waals surface area contributed by atoms with Crippen LogP contribution in [0.4, 0.5) is 5.69 Å². The fourth-order valence-corrected chi connectivity index (χ4v) is 4.45. The molecule has 1 atom stereocenters. The number of benzene rings is 2. The summed E-state index contributed by atoms with van der Waals surface area (Å²) in [5.74, 6) is -0.823. The van der Waals surface area contributed by atoms with E-state index in [2.05, 4.69) is 11.4 Å². The normalized spacial score (nSPS) is 15.8. The van der Waals surface area contributed by atoms with Crippen molar-refractivity contribution in [3.8, 4) is 6.07 Å². The van der Waals surface area contributed by atoms with E-state index in [4.69, 9.17) is 0 Å². The number of non-ortho nitro benzene ring substituents is 1. The number of nitrogens with zero attached hydrogens (tertiary/aromatic N) is 2. The largest absolute Gasteiger partial charge is 0.353 e. The van der Waals surface area contributed by atoms with Gasteiger partial charge in [0.05, 0.1) is 33.3 Å². The number of nitrogens with one attached hydrogen (secondary N) is 1. The van der Waals surface area contributed by atoms with Gasteiger partial charge in [-0.15, -0.1) is 0 Å². The summed E-state index contributed by atoms with van der Waals surface area (Å²) in [6.45, 7) is 3.25. The van der Waals surface area contributed by atoms with Crippen molar-refractivity contribution in [1.82, 2.24) is 5.32 Å². The Bertz CT molecular complexity index is 1150. The molecule has 0 amide bonds. The first kappa shape index (κ1) is 22.0. The number of thioether (sulfide) groups is 1. The summed E-state index contributed by atoms with van der Waals surface area (Å²) in [4.78, 5) is 35.2. The van der Waals surface area contributed by atoms with Gasteiger partial charge in [-0.3, -0.25) is 19.7 Å². The van der Waals surface area contributed by atoms with E-state index in [9.17, 15) is 25.0 Å². The molecule has 3 rings (SSSR count). The van der Waals surface area contributed by atoms with Crippen molar-refractivity contribution < 1.29 is 14.5 Å². The minimum Gasteiger partial charge on any atom is -0.353 e. The van der Waals surface area contributed by atoms with Gasteiger partial charge in [0.25, 0.3) is 5.69 Å². The zero-order valence-corrected chi connectivity index (χ0v) is 17.7. The number of hydrogen-bond donors (Lipinski definition) is 1. The van der Waals surface area contributed by atoms with Crippen LogP contribution < -0.4 is 5.32 Å². The van der Waals surface area contributed by atoms with E-state index in [0.29, 0.717) is 27.4 Å². The number of rotatable bonds is 7. The predicted molar refractivity (Wildman–Crippen MR) is 118 cm³/mol. The third-order valence-corrected chi connectivity index (χ3v) is 5.92. The van der Waals surface area contributed by atoms with Gasteiger partial charge in [0.2, 0.25) is 0 Å². The molecule has 0 bridgehead atoms. The molecule has 156 valence electrons. The fraction of sp³-hybridized carbons (Fsp3) is 0.174. The number of nitro groups is 1. The van der Waals surface area contributed by atoms with Gasteiger partial charge in [-0.05, 0) is 31.5 Å². The lowest BCUT2D eigenvalue weighted by molar-refractivity contribution is -0.384. The molecule has 0 saturated carbocycles. The van der Waals surface area contributed by atoms with Crippen LogP contribution >= 0.6 is 11.8 Å². The minimum absolute atomic E-state index is 0.0372. The summed E-state index contributed by atoms with van der Waals surface area (Å²) in [7, 11) is 0. The van der Waals surface area contributed by atoms with Crippen molar-refractivity contribution in [2.45, 2.75) is 19.8 Å². The number of hydrogen-bond acceptors (Lipinski definition) is 7. The summed E-state index contributed by atoms with van der Waals surface area (Å²) >= 11 is 1.18. The molecule has 2 aromatic carbocycles. The second kappa shape index (κ2) is 9.41. The molecule has 31 heavy (non-hydrogen) atoms. The number of carbonyl (C=O) groups excluding carboxylic acids is 2. The molecule has 0 aliphatic carbocycles. The van der Waals surface area contributed by atoms with Crippen LogP contribution in [-0.2, 0) is 4.79 Å². The first-order valence-electron chi connectivity index (χ1n) is 9.42. The Hall–Kier alpha value is -3.70. The minimum atomic E-state index is -0.523. The fourth-order valence-electron chi connectivity index (χ4n) is 3.46. The highest BCUT2D eigenvalue weighted by Gasteiger charge is 2.33. The first-order valence-corrected chi connectivity index (χ1v) is 10.4. The highest BCUT2D eigenvalue weighted by atomic mass is 32.2. The second-order valence-corrected chi connectivity index (χ2v) is 7.92. The highest BCUT2D eigenvalue weighted by Crippen LogP contribution is 2.40. The lowest BCUT2D eigenvalue weighted by Gasteiger charge is -2.29. The third kappa shape index (κ3) is 4.73. The molecule has 1 N–H and O–H groups in total. The molecule has 0 fully saturated rings. The Kier molecular flexibility index (Phi) is 6.68. The van der Waals surface area contributed by atoms with Crippen molar-refractivity contribution in [2.75, 3.05) is 5.75 Å². The molecule has 0 aromatic heterocycles. The van der Waals surface area contributed by atoms with E-state index in [1.54, 1.807) is 6.92 Å². The Labute approximate surface area is 183 Å². The maximum atomic E-state index is 12.6. The molecule has 1 aliphatic rings. The number of carbonyl (C=O) groups is 2. The SMILES string of the molecule is CC(=O)C1=C(C)NC(SCC(=O)c2ccc([N+](=O)[O-])cc2)=C(C#N)[C@H]1c1ccccc1. The molecular weight excluding hydrogens is 414 g/mol. The van der Waals surface area contributed by atoms with Gasteiger partial charge in [-0.25, -0.2) is 0 Å². The topological polar surface area (TPSA) is 113 Å². The maximum Gasteiger partial charge on any atom is 0.269 e. The highest BCUT2D eigenvalue weighted by molar-refractivity contribution is 8.03. The third-order valence-electron chi connectivity index (χ3n) is 4.91. The van der Waals surface area contributed by atoms with Crippen LogP contribution in [0.15, 0.2) is 76.5 Å². The van der Waals surface area contributed by atoms with Crippen molar-refractivity contribution in [1.29, 1.82) is 5.26 Å². The smallest absolute Gasteiger partial charge is 0.269 e. The van der Waals surface area contributed by atoms with Gasteiger partial charge in [0, 0.05) is 29.0 Å². The number of allylic oxidation sites excluding steroid dienone is 3. The lowest BCUT2D eigenvalue weighted by Crippen LogP contribution is -2.27. The van der Waals surface area contributed by atoms with E-state index < -0.39 is 10.8 Å². The van der Waals surface area contributed by atoms with E-state index in [1.165, 1.54) is 43.0 Å². The summed E-state index contributed by atoms with van der Waals surface area (Å²) in [6, 6.07) is 16.9. The van der Waals surface area contributed by atoms with Crippen LogP contribution in [0.25, 0.3) is 0 Å². The van der Waals surface area contributed by atoms with Crippen LogP contribution in [0.2, 0.25) is 0 Å².